The molecule has 5 nitrogen and oxygen atoms in total. The molecule has 0 radical (unpaired) electrons. The molecule has 1 fully saturated rings. The van der Waals surface area contributed by atoms with E-state index in [1.54, 1.807) is 12.1 Å². The molecule has 2 rings (SSSR count). The number of anilines is 1. The summed E-state index contributed by atoms with van der Waals surface area (Å²) in [5.41, 5.74) is 0.725. The largest absolute Gasteiger partial charge is 0.481 e. The lowest BCUT2D eigenvalue weighted by molar-refractivity contribution is -0.141. The summed E-state index contributed by atoms with van der Waals surface area (Å²) in [4.78, 5) is 22.5. The summed E-state index contributed by atoms with van der Waals surface area (Å²) in [5, 5.41) is 14.4. The van der Waals surface area contributed by atoms with E-state index in [0.717, 1.165) is 12.1 Å². The number of carboxylic acids is 1. The van der Waals surface area contributed by atoms with Gasteiger partial charge in [-0.25, -0.2) is 4.79 Å². The molecule has 18 heavy (non-hydrogen) atoms. The van der Waals surface area contributed by atoms with Crippen LogP contribution in [0.3, 0.4) is 0 Å². The van der Waals surface area contributed by atoms with Crippen LogP contribution in [0.15, 0.2) is 30.3 Å². The third-order valence-corrected chi connectivity index (χ3v) is 3.15. The molecular formula is C13H16N2O3. The lowest BCUT2D eigenvalue weighted by Crippen LogP contribution is -2.36. The van der Waals surface area contributed by atoms with Crippen molar-refractivity contribution in [2.75, 3.05) is 5.32 Å². The van der Waals surface area contributed by atoms with Gasteiger partial charge in [0.1, 0.15) is 0 Å². The number of carbonyl (C=O) groups excluding carboxylic acids is 1. The van der Waals surface area contributed by atoms with E-state index in [0.29, 0.717) is 12.8 Å². The van der Waals surface area contributed by atoms with Gasteiger partial charge in [-0.05, 0) is 31.4 Å². The maximum Gasteiger partial charge on any atom is 0.319 e. The van der Waals surface area contributed by atoms with Gasteiger partial charge in [-0.2, -0.15) is 0 Å². The zero-order chi connectivity index (χ0) is 13.0. The summed E-state index contributed by atoms with van der Waals surface area (Å²) in [6, 6.07) is 8.82. The van der Waals surface area contributed by atoms with Crippen molar-refractivity contribution in [2.24, 2.45) is 5.92 Å². The number of para-hydroxylation sites is 1. The Bertz CT molecular complexity index is 433. The summed E-state index contributed by atoms with van der Waals surface area (Å²) in [5.74, 6) is -1.10. The minimum atomic E-state index is -0.775. The predicted octanol–water partition coefficient (Wildman–Crippen LogP) is 2.06. The summed E-state index contributed by atoms with van der Waals surface area (Å²) in [7, 11) is 0. The first-order valence-electron chi connectivity index (χ1n) is 6.00. The van der Waals surface area contributed by atoms with E-state index in [1.807, 2.05) is 18.2 Å². The minimum Gasteiger partial charge on any atom is -0.481 e. The molecule has 1 aromatic rings. The normalized spacial score (nSPS) is 22.4. The molecular weight excluding hydrogens is 232 g/mol. The topological polar surface area (TPSA) is 78.4 Å². The van der Waals surface area contributed by atoms with Gasteiger partial charge >= 0.3 is 12.0 Å². The van der Waals surface area contributed by atoms with Crippen molar-refractivity contribution >= 4 is 17.7 Å². The van der Waals surface area contributed by atoms with Crippen LogP contribution in [0.1, 0.15) is 19.3 Å². The van der Waals surface area contributed by atoms with Crippen LogP contribution in [-0.2, 0) is 4.79 Å². The monoisotopic (exact) mass is 248 g/mol. The third-order valence-electron chi connectivity index (χ3n) is 3.15. The Morgan fingerprint density at radius 2 is 1.89 bits per heavy atom. The van der Waals surface area contributed by atoms with Crippen LogP contribution < -0.4 is 10.6 Å². The number of urea groups is 1. The molecule has 2 amide bonds. The number of nitrogens with one attached hydrogen (secondary N) is 2. The van der Waals surface area contributed by atoms with Crippen molar-refractivity contribution in [1.29, 1.82) is 0 Å². The van der Waals surface area contributed by atoms with Crippen LogP contribution in [0, 0.1) is 5.92 Å². The van der Waals surface area contributed by atoms with E-state index in [9.17, 15) is 9.59 Å². The maximum absolute atomic E-state index is 11.7. The number of rotatable bonds is 3. The summed E-state index contributed by atoms with van der Waals surface area (Å²) in [6.45, 7) is 0. The molecule has 0 aliphatic heterocycles. The van der Waals surface area contributed by atoms with Gasteiger partial charge in [0.15, 0.2) is 0 Å². The zero-order valence-electron chi connectivity index (χ0n) is 9.93. The molecule has 3 N–H and O–H groups in total. The number of carbonyl (C=O) groups is 2. The fourth-order valence-corrected chi connectivity index (χ4v) is 2.21. The SMILES string of the molecule is O=C(Nc1ccccc1)NC1CCC(C(=O)O)C1. The Hall–Kier alpha value is -2.04. The highest BCUT2D eigenvalue weighted by Crippen LogP contribution is 2.25. The van der Waals surface area contributed by atoms with E-state index in [1.165, 1.54) is 0 Å². The number of hydrogen-bond acceptors (Lipinski definition) is 2. The number of carboxylic acid groups (broad SMARTS) is 1. The fraction of sp³-hybridized carbons (Fsp3) is 0.385. The summed E-state index contributed by atoms with van der Waals surface area (Å²) in [6.07, 6.45) is 1.86. The Kier molecular flexibility index (Phi) is 3.82. The average molecular weight is 248 g/mol. The predicted molar refractivity (Wildman–Crippen MR) is 67.4 cm³/mol. The molecule has 0 aromatic heterocycles. The second-order valence-electron chi connectivity index (χ2n) is 4.51. The highest BCUT2D eigenvalue weighted by Gasteiger charge is 2.30. The summed E-state index contributed by atoms with van der Waals surface area (Å²) >= 11 is 0. The van der Waals surface area contributed by atoms with Crippen molar-refractivity contribution in [3.63, 3.8) is 0 Å². The Morgan fingerprint density at radius 3 is 2.50 bits per heavy atom. The molecule has 0 saturated heterocycles. The second-order valence-corrected chi connectivity index (χ2v) is 4.51. The fourth-order valence-electron chi connectivity index (χ4n) is 2.21. The van der Waals surface area contributed by atoms with Gasteiger partial charge in [-0.15, -0.1) is 0 Å². The molecule has 1 saturated carbocycles. The van der Waals surface area contributed by atoms with Crippen LogP contribution in [0.25, 0.3) is 0 Å². The first-order chi connectivity index (χ1) is 8.65. The average Bonchev–Trinajstić information content (AvgIpc) is 2.78. The van der Waals surface area contributed by atoms with Gasteiger partial charge in [0, 0.05) is 11.7 Å². The van der Waals surface area contributed by atoms with Crippen molar-refractivity contribution < 1.29 is 14.7 Å². The van der Waals surface area contributed by atoms with Crippen LogP contribution >= 0.6 is 0 Å². The molecule has 1 aliphatic rings. The maximum atomic E-state index is 11.7. The van der Waals surface area contributed by atoms with Crippen molar-refractivity contribution in [3.8, 4) is 0 Å². The van der Waals surface area contributed by atoms with Crippen LogP contribution in [0.4, 0.5) is 10.5 Å². The molecule has 2 atom stereocenters. The van der Waals surface area contributed by atoms with Gasteiger partial charge in [0.2, 0.25) is 0 Å². The van der Waals surface area contributed by atoms with Gasteiger partial charge in [-0.3, -0.25) is 4.79 Å². The lowest BCUT2D eigenvalue weighted by Gasteiger charge is -2.13. The molecule has 1 aromatic carbocycles. The Balaban J connectivity index is 1.80. The Labute approximate surface area is 105 Å². The van der Waals surface area contributed by atoms with Crippen LogP contribution in [0.5, 0.6) is 0 Å². The molecule has 5 heteroatoms. The highest BCUT2D eigenvalue weighted by molar-refractivity contribution is 5.89. The quantitative estimate of drug-likeness (QED) is 0.766. The first kappa shape index (κ1) is 12.4. The van der Waals surface area contributed by atoms with Crippen molar-refractivity contribution in [2.45, 2.75) is 25.3 Å². The van der Waals surface area contributed by atoms with E-state index in [-0.39, 0.29) is 18.0 Å². The number of amides is 2. The van der Waals surface area contributed by atoms with Gasteiger partial charge < -0.3 is 15.7 Å². The highest BCUT2D eigenvalue weighted by atomic mass is 16.4. The molecule has 0 spiro atoms. The van der Waals surface area contributed by atoms with Gasteiger partial charge in [0.25, 0.3) is 0 Å². The van der Waals surface area contributed by atoms with E-state index < -0.39 is 5.97 Å². The molecule has 0 bridgehead atoms. The van der Waals surface area contributed by atoms with E-state index >= 15 is 0 Å². The van der Waals surface area contributed by atoms with Crippen LogP contribution in [-0.4, -0.2) is 23.1 Å². The third kappa shape index (κ3) is 3.23. The van der Waals surface area contributed by atoms with Crippen LogP contribution in [0.2, 0.25) is 0 Å². The molecule has 1 aliphatic carbocycles. The zero-order valence-corrected chi connectivity index (χ0v) is 9.93. The lowest BCUT2D eigenvalue weighted by atomic mass is 10.1. The smallest absolute Gasteiger partial charge is 0.319 e. The number of aliphatic carboxylic acids is 1. The standard InChI is InChI=1S/C13H16N2O3/c16-12(17)9-6-7-11(8-9)15-13(18)14-10-4-2-1-3-5-10/h1-5,9,11H,6-8H2,(H,16,17)(H2,14,15,18). The molecule has 96 valence electrons. The Morgan fingerprint density at radius 1 is 1.17 bits per heavy atom. The van der Waals surface area contributed by atoms with Crippen molar-refractivity contribution in [3.05, 3.63) is 30.3 Å². The molecule has 0 heterocycles. The van der Waals surface area contributed by atoms with Gasteiger partial charge in [-0.1, -0.05) is 18.2 Å². The van der Waals surface area contributed by atoms with E-state index in [4.69, 9.17) is 5.11 Å². The number of hydrogen-bond donors (Lipinski definition) is 3. The summed E-state index contributed by atoms with van der Waals surface area (Å²) < 4.78 is 0. The van der Waals surface area contributed by atoms with Gasteiger partial charge in [0.05, 0.1) is 5.92 Å². The second kappa shape index (κ2) is 5.53. The first-order valence-corrected chi connectivity index (χ1v) is 6.00. The number of benzene rings is 1. The van der Waals surface area contributed by atoms with Crippen molar-refractivity contribution in [1.82, 2.24) is 5.32 Å². The van der Waals surface area contributed by atoms with E-state index in [2.05, 4.69) is 10.6 Å². The minimum absolute atomic E-state index is 0.0465. The molecule has 2 unspecified atom stereocenters.